The summed E-state index contributed by atoms with van der Waals surface area (Å²) in [7, 11) is 0. The number of ether oxygens (including phenoxy) is 1. The zero-order chi connectivity index (χ0) is 22.1. The first-order valence-corrected chi connectivity index (χ1v) is 11.8. The van der Waals surface area contributed by atoms with Crippen LogP contribution in [0.4, 0.5) is 10.3 Å². The number of thiocarbonyl (C=S) groups is 1. The molecule has 2 aromatic heterocycles. The predicted molar refractivity (Wildman–Crippen MR) is 134 cm³/mol. The van der Waals surface area contributed by atoms with Crippen LogP contribution in [0, 0.1) is 0 Å². The third kappa shape index (κ3) is 4.19. The molecule has 0 atom stereocenters. The number of anilines is 2. The first-order valence-electron chi connectivity index (χ1n) is 10.5. The number of rotatable bonds is 6. The normalized spacial score (nSPS) is 14.6. The highest BCUT2D eigenvalue weighted by Gasteiger charge is 2.20. The van der Waals surface area contributed by atoms with Crippen LogP contribution in [0.3, 0.4) is 0 Å². The minimum Gasteiger partial charge on any atom is -0.389 e. The van der Waals surface area contributed by atoms with Gasteiger partial charge in [-0.2, -0.15) is 0 Å². The molecule has 2 aromatic carbocycles. The summed E-state index contributed by atoms with van der Waals surface area (Å²) in [6.07, 6.45) is 4.27. The van der Waals surface area contributed by atoms with Gasteiger partial charge in [0.05, 0.1) is 0 Å². The van der Waals surface area contributed by atoms with Crippen LogP contribution in [0.25, 0.3) is 22.0 Å². The highest BCUT2D eigenvalue weighted by atomic mass is 32.1. The van der Waals surface area contributed by atoms with Crippen LogP contribution < -0.4 is 16.8 Å². The smallest absolute Gasteiger partial charge is 0.207 e. The van der Waals surface area contributed by atoms with E-state index in [4.69, 9.17) is 28.4 Å². The van der Waals surface area contributed by atoms with Crippen molar-refractivity contribution < 1.29 is 4.74 Å². The van der Waals surface area contributed by atoms with E-state index < -0.39 is 0 Å². The molecule has 0 spiro atoms. The summed E-state index contributed by atoms with van der Waals surface area (Å²) in [6.45, 7) is 2.22. The van der Waals surface area contributed by atoms with Crippen molar-refractivity contribution in [3.8, 4) is 11.1 Å². The van der Waals surface area contributed by atoms with E-state index in [9.17, 15) is 0 Å². The lowest BCUT2D eigenvalue weighted by Crippen LogP contribution is -2.19. The van der Waals surface area contributed by atoms with Crippen molar-refractivity contribution in [2.75, 3.05) is 24.3 Å². The fraction of sp³-hybridized carbons (Fsp3) is 0.261. The van der Waals surface area contributed by atoms with Gasteiger partial charge in [-0.15, -0.1) is 10.2 Å². The third-order valence-corrected chi connectivity index (χ3v) is 6.77. The van der Waals surface area contributed by atoms with Crippen LogP contribution in [0.2, 0.25) is 0 Å². The quantitative estimate of drug-likeness (QED) is 0.365. The largest absolute Gasteiger partial charge is 0.389 e. The molecule has 5 rings (SSSR count). The van der Waals surface area contributed by atoms with Crippen LogP contribution in [0.5, 0.6) is 0 Å². The fourth-order valence-electron chi connectivity index (χ4n) is 4.23. The summed E-state index contributed by atoms with van der Waals surface area (Å²) in [4.78, 5) is 0.408. The van der Waals surface area contributed by atoms with E-state index in [1.165, 1.54) is 33.4 Å². The highest BCUT2D eigenvalue weighted by Crippen LogP contribution is 2.36. The summed E-state index contributed by atoms with van der Waals surface area (Å²) >= 11 is 6.54. The molecule has 9 heteroatoms. The van der Waals surface area contributed by atoms with E-state index in [0.29, 0.717) is 22.7 Å². The molecule has 3 heterocycles. The Morgan fingerprint density at radius 3 is 2.78 bits per heavy atom. The molecule has 0 radical (unpaired) electrons. The summed E-state index contributed by atoms with van der Waals surface area (Å²) in [5, 5.41) is 13.6. The van der Waals surface area contributed by atoms with Gasteiger partial charge in [0.1, 0.15) is 4.99 Å². The predicted octanol–water partition coefficient (Wildman–Crippen LogP) is 4.34. The highest BCUT2D eigenvalue weighted by molar-refractivity contribution is 7.80. The molecule has 1 fully saturated rings. The molecule has 1 saturated heterocycles. The molecule has 0 unspecified atom stereocenters. The van der Waals surface area contributed by atoms with Crippen LogP contribution in [-0.2, 0) is 11.3 Å². The Balaban J connectivity index is 1.55. The Bertz CT molecular complexity index is 1270. The molecule has 164 valence electrons. The van der Waals surface area contributed by atoms with Crippen molar-refractivity contribution in [2.45, 2.75) is 25.4 Å². The van der Waals surface area contributed by atoms with Gasteiger partial charge in [0.15, 0.2) is 0 Å². The number of fused-ring (bicyclic) bond motifs is 1. The van der Waals surface area contributed by atoms with Crippen molar-refractivity contribution in [3.63, 3.8) is 0 Å². The Morgan fingerprint density at radius 1 is 1.19 bits per heavy atom. The summed E-state index contributed by atoms with van der Waals surface area (Å²) in [6, 6.07) is 15.1. The van der Waals surface area contributed by atoms with Gasteiger partial charge in [0.25, 0.3) is 0 Å². The monoisotopic (exact) mass is 464 g/mol. The van der Waals surface area contributed by atoms with Crippen LogP contribution in [0.1, 0.15) is 30.0 Å². The molecular formula is C23H24N6OS2. The third-order valence-electron chi connectivity index (χ3n) is 5.83. The Morgan fingerprint density at radius 2 is 2.03 bits per heavy atom. The van der Waals surface area contributed by atoms with Gasteiger partial charge in [0, 0.05) is 54.0 Å². The van der Waals surface area contributed by atoms with Gasteiger partial charge in [-0.05, 0) is 36.1 Å². The van der Waals surface area contributed by atoms with E-state index in [1.54, 1.807) is 0 Å². The molecule has 1 aliphatic rings. The molecule has 1 aliphatic heterocycles. The molecule has 5 N–H and O–H groups in total. The number of nitrogens with two attached hydrogens (primary N) is 2. The molecule has 0 amide bonds. The topological polar surface area (TPSA) is 104 Å². The zero-order valence-electron chi connectivity index (χ0n) is 17.5. The van der Waals surface area contributed by atoms with Crippen molar-refractivity contribution in [1.82, 2.24) is 14.8 Å². The summed E-state index contributed by atoms with van der Waals surface area (Å²) in [5.41, 5.74) is 17.1. The van der Waals surface area contributed by atoms with Crippen molar-refractivity contribution >= 4 is 49.7 Å². The number of benzene rings is 2. The van der Waals surface area contributed by atoms with Crippen LogP contribution in [0.15, 0.2) is 48.7 Å². The lowest BCUT2D eigenvalue weighted by Gasteiger charge is -2.24. The average molecular weight is 465 g/mol. The van der Waals surface area contributed by atoms with Crippen LogP contribution >= 0.6 is 23.6 Å². The number of hydrogen-bond donors (Lipinski definition) is 3. The maximum absolute atomic E-state index is 5.89. The Kier molecular flexibility index (Phi) is 5.77. The number of hydrogen-bond acceptors (Lipinski definition) is 7. The van der Waals surface area contributed by atoms with E-state index in [0.717, 1.165) is 42.3 Å². The fourth-order valence-corrected chi connectivity index (χ4v) is 4.86. The Labute approximate surface area is 195 Å². The van der Waals surface area contributed by atoms with Crippen molar-refractivity contribution in [1.29, 1.82) is 0 Å². The second kappa shape index (κ2) is 8.85. The number of nitrogens with zero attached hydrogens (tertiary/aromatic N) is 3. The number of nitrogens with one attached hydrogen (secondary N) is 1. The summed E-state index contributed by atoms with van der Waals surface area (Å²) in [5.74, 6) is 0. The van der Waals surface area contributed by atoms with Gasteiger partial charge in [-0.1, -0.05) is 53.9 Å². The SMILES string of the molecule is NC(=S)c1cccc(-c2cn(C3CCOCC3)c3cc(CNc4nnc(N)s4)ccc23)c1. The molecule has 32 heavy (non-hydrogen) atoms. The standard InChI is InChI=1S/C23H24N6OS2/c24-21(31)16-3-1-2-15(11-16)19-13-29(17-6-8-30-9-7-17)20-10-14(4-5-18(19)20)12-26-23-28-27-22(25)32-23/h1-5,10-11,13,17H,6-9,12H2,(H2,24,31)(H2,25,27)(H,26,28). The lowest BCUT2D eigenvalue weighted by atomic mass is 10.0. The van der Waals surface area contributed by atoms with Crippen molar-refractivity contribution in [3.05, 3.63) is 59.8 Å². The maximum atomic E-state index is 5.89. The average Bonchev–Trinajstić information content (AvgIpc) is 3.41. The Hall–Kier alpha value is -3.01. The molecular weight excluding hydrogens is 440 g/mol. The minimum absolute atomic E-state index is 0.407. The van der Waals surface area contributed by atoms with E-state index >= 15 is 0 Å². The second-order valence-corrected chi connectivity index (χ2v) is 9.34. The van der Waals surface area contributed by atoms with Gasteiger partial charge < -0.3 is 26.1 Å². The van der Waals surface area contributed by atoms with E-state index in [1.807, 2.05) is 12.1 Å². The molecule has 4 aromatic rings. The van der Waals surface area contributed by atoms with Gasteiger partial charge >= 0.3 is 0 Å². The molecule has 0 saturated carbocycles. The zero-order valence-corrected chi connectivity index (χ0v) is 19.1. The van der Waals surface area contributed by atoms with E-state index in [2.05, 4.69) is 56.6 Å². The van der Waals surface area contributed by atoms with Crippen LogP contribution in [-0.4, -0.2) is 33.0 Å². The van der Waals surface area contributed by atoms with Crippen molar-refractivity contribution in [2.24, 2.45) is 5.73 Å². The van der Waals surface area contributed by atoms with Gasteiger partial charge in [0.2, 0.25) is 10.3 Å². The minimum atomic E-state index is 0.407. The maximum Gasteiger partial charge on any atom is 0.207 e. The second-order valence-electron chi connectivity index (χ2n) is 7.89. The molecule has 0 aliphatic carbocycles. The molecule has 0 bridgehead atoms. The van der Waals surface area contributed by atoms with Gasteiger partial charge in [-0.25, -0.2) is 0 Å². The number of nitrogen functional groups attached to an aromatic ring is 1. The lowest BCUT2D eigenvalue weighted by molar-refractivity contribution is 0.0707. The van der Waals surface area contributed by atoms with E-state index in [-0.39, 0.29) is 0 Å². The first kappa shape index (κ1) is 20.9. The number of aromatic nitrogens is 3. The van der Waals surface area contributed by atoms with Gasteiger partial charge in [-0.3, -0.25) is 0 Å². The molecule has 7 nitrogen and oxygen atoms in total. The first-order chi connectivity index (χ1) is 15.6. The summed E-state index contributed by atoms with van der Waals surface area (Å²) < 4.78 is 8.02.